The van der Waals surface area contributed by atoms with E-state index in [1.165, 1.54) is 0 Å². The number of aliphatic carboxylic acids is 1. The van der Waals surface area contributed by atoms with Crippen LogP contribution in [-0.2, 0) is 11.3 Å². The van der Waals surface area contributed by atoms with Crippen LogP contribution in [0.1, 0.15) is 24.0 Å². The van der Waals surface area contributed by atoms with Crippen LogP contribution in [0.15, 0.2) is 5.38 Å². The Morgan fingerprint density at radius 2 is 2.40 bits per heavy atom. The van der Waals surface area contributed by atoms with Crippen molar-refractivity contribution in [2.75, 3.05) is 13.1 Å². The zero-order chi connectivity index (χ0) is 11.3. The van der Waals surface area contributed by atoms with Crippen LogP contribution in [0.5, 0.6) is 0 Å². The summed E-state index contributed by atoms with van der Waals surface area (Å²) < 4.78 is 0. The highest BCUT2D eigenvalue weighted by Crippen LogP contribution is 2.10. The van der Waals surface area contributed by atoms with Crippen LogP contribution >= 0.6 is 11.3 Å². The molecular formula is C10H16N2O2S. The number of thiazole rings is 1. The molecule has 1 heterocycles. The van der Waals surface area contributed by atoms with Gasteiger partial charge < -0.3 is 5.11 Å². The Morgan fingerprint density at radius 3 is 2.87 bits per heavy atom. The molecule has 0 aliphatic rings. The molecule has 0 aliphatic heterocycles. The maximum Gasteiger partial charge on any atom is 0.304 e. The first-order valence-corrected chi connectivity index (χ1v) is 5.85. The molecule has 0 aliphatic carbocycles. The molecule has 5 heteroatoms. The summed E-state index contributed by atoms with van der Waals surface area (Å²) in [5.41, 5.74) is 1.03. The quantitative estimate of drug-likeness (QED) is 0.806. The first-order valence-electron chi connectivity index (χ1n) is 4.97. The van der Waals surface area contributed by atoms with Crippen molar-refractivity contribution in [3.63, 3.8) is 0 Å². The van der Waals surface area contributed by atoms with Crippen molar-refractivity contribution in [3.8, 4) is 0 Å². The van der Waals surface area contributed by atoms with Crippen molar-refractivity contribution in [3.05, 3.63) is 16.1 Å². The lowest BCUT2D eigenvalue weighted by atomic mass is 10.3. The van der Waals surface area contributed by atoms with Crippen molar-refractivity contribution in [1.82, 2.24) is 9.88 Å². The van der Waals surface area contributed by atoms with Gasteiger partial charge in [-0.3, -0.25) is 9.69 Å². The summed E-state index contributed by atoms with van der Waals surface area (Å²) in [5, 5.41) is 11.7. The highest BCUT2D eigenvalue weighted by Gasteiger charge is 2.07. The van der Waals surface area contributed by atoms with Gasteiger partial charge in [-0.1, -0.05) is 6.92 Å². The third-order valence-corrected chi connectivity index (χ3v) is 2.96. The van der Waals surface area contributed by atoms with E-state index in [1.54, 1.807) is 11.3 Å². The van der Waals surface area contributed by atoms with Gasteiger partial charge in [0, 0.05) is 18.5 Å². The smallest absolute Gasteiger partial charge is 0.304 e. The summed E-state index contributed by atoms with van der Waals surface area (Å²) in [6.07, 6.45) is 0.191. The first-order chi connectivity index (χ1) is 7.11. The minimum atomic E-state index is -0.747. The number of hydrogen-bond acceptors (Lipinski definition) is 4. The van der Waals surface area contributed by atoms with E-state index in [4.69, 9.17) is 5.11 Å². The Balaban J connectivity index is 2.42. The molecular weight excluding hydrogens is 212 g/mol. The van der Waals surface area contributed by atoms with Gasteiger partial charge in [-0.15, -0.1) is 11.3 Å². The van der Waals surface area contributed by atoms with Gasteiger partial charge in [-0.05, 0) is 13.5 Å². The molecule has 15 heavy (non-hydrogen) atoms. The normalized spacial score (nSPS) is 10.9. The molecule has 4 nitrogen and oxygen atoms in total. The summed E-state index contributed by atoms with van der Waals surface area (Å²) in [5.74, 6) is -0.747. The zero-order valence-electron chi connectivity index (χ0n) is 9.06. The van der Waals surface area contributed by atoms with Crippen molar-refractivity contribution in [2.45, 2.75) is 26.8 Å². The predicted octanol–water partition coefficient (Wildman–Crippen LogP) is 1.75. The number of hydrogen-bond donors (Lipinski definition) is 1. The van der Waals surface area contributed by atoms with E-state index in [-0.39, 0.29) is 6.42 Å². The Morgan fingerprint density at radius 1 is 1.67 bits per heavy atom. The molecule has 0 saturated carbocycles. The van der Waals surface area contributed by atoms with E-state index >= 15 is 0 Å². The second-order valence-electron chi connectivity index (χ2n) is 3.37. The maximum atomic E-state index is 10.4. The minimum Gasteiger partial charge on any atom is -0.481 e. The fraction of sp³-hybridized carbons (Fsp3) is 0.600. The van der Waals surface area contributed by atoms with Gasteiger partial charge in [-0.2, -0.15) is 0 Å². The van der Waals surface area contributed by atoms with Crippen molar-refractivity contribution >= 4 is 17.3 Å². The molecule has 0 saturated heterocycles. The van der Waals surface area contributed by atoms with Gasteiger partial charge in [0.05, 0.1) is 17.1 Å². The zero-order valence-corrected chi connectivity index (χ0v) is 9.88. The number of aromatic nitrogens is 1. The van der Waals surface area contributed by atoms with Crippen LogP contribution in [0.4, 0.5) is 0 Å². The van der Waals surface area contributed by atoms with E-state index in [0.29, 0.717) is 6.54 Å². The monoisotopic (exact) mass is 228 g/mol. The van der Waals surface area contributed by atoms with E-state index in [9.17, 15) is 4.79 Å². The van der Waals surface area contributed by atoms with E-state index in [0.717, 1.165) is 23.8 Å². The third kappa shape index (κ3) is 4.40. The minimum absolute atomic E-state index is 0.191. The fourth-order valence-electron chi connectivity index (χ4n) is 1.31. The van der Waals surface area contributed by atoms with Gasteiger partial charge in [0.25, 0.3) is 0 Å². The Labute approximate surface area is 93.6 Å². The number of carboxylic acids is 1. The number of carboxylic acid groups (broad SMARTS) is 1. The molecule has 1 aromatic rings. The summed E-state index contributed by atoms with van der Waals surface area (Å²) in [7, 11) is 0. The topological polar surface area (TPSA) is 53.4 Å². The molecule has 0 spiro atoms. The molecule has 0 atom stereocenters. The number of nitrogens with zero attached hydrogens (tertiary/aromatic N) is 2. The van der Waals surface area contributed by atoms with Crippen LogP contribution in [0, 0.1) is 6.92 Å². The van der Waals surface area contributed by atoms with Gasteiger partial charge in [0.1, 0.15) is 0 Å². The highest BCUT2D eigenvalue weighted by atomic mass is 32.1. The molecule has 0 radical (unpaired) electrons. The lowest BCUT2D eigenvalue weighted by Gasteiger charge is -2.17. The molecule has 1 rings (SSSR count). The second-order valence-corrected chi connectivity index (χ2v) is 4.43. The lowest BCUT2D eigenvalue weighted by Crippen LogP contribution is -2.25. The Bertz CT molecular complexity index is 325. The van der Waals surface area contributed by atoms with Crippen molar-refractivity contribution in [2.24, 2.45) is 0 Å². The molecule has 0 unspecified atom stereocenters. The Kier molecular flexibility index (Phi) is 4.71. The molecule has 0 amide bonds. The molecule has 84 valence electrons. The summed E-state index contributed by atoms with van der Waals surface area (Å²) >= 11 is 1.63. The fourth-order valence-corrected chi connectivity index (χ4v) is 1.92. The lowest BCUT2D eigenvalue weighted by molar-refractivity contribution is -0.137. The van der Waals surface area contributed by atoms with Gasteiger partial charge in [0.2, 0.25) is 0 Å². The average Bonchev–Trinajstić information content (AvgIpc) is 2.58. The summed E-state index contributed by atoms with van der Waals surface area (Å²) in [4.78, 5) is 16.9. The highest BCUT2D eigenvalue weighted by molar-refractivity contribution is 7.09. The standard InChI is InChI=1S/C10H16N2O2S/c1-3-12(5-4-10(13)14)6-9-7-15-8(2)11-9/h7H,3-6H2,1-2H3,(H,13,14). The van der Waals surface area contributed by atoms with Crippen LogP contribution < -0.4 is 0 Å². The van der Waals surface area contributed by atoms with Gasteiger partial charge >= 0.3 is 5.97 Å². The molecule has 1 N–H and O–H groups in total. The third-order valence-electron chi connectivity index (χ3n) is 2.14. The Hall–Kier alpha value is -0.940. The summed E-state index contributed by atoms with van der Waals surface area (Å²) in [6.45, 7) is 6.18. The van der Waals surface area contributed by atoms with Crippen LogP contribution in [0.2, 0.25) is 0 Å². The van der Waals surface area contributed by atoms with Gasteiger partial charge in [0.15, 0.2) is 0 Å². The first kappa shape index (κ1) is 12.1. The van der Waals surface area contributed by atoms with Crippen molar-refractivity contribution in [1.29, 1.82) is 0 Å². The second kappa shape index (κ2) is 5.82. The SMILES string of the molecule is CCN(CCC(=O)O)Cc1csc(C)n1. The van der Waals surface area contributed by atoms with Crippen LogP contribution in [0.3, 0.4) is 0 Å². The largest absolute Gasteiger partial charge is 0.481 e. The maximum absolute atomic E-state index is 10.4. The summed E-state index contributed by atoms with van der Waals surface area (Å²) in [6, 6.07) is 0. The molecule has 1 aromatic heterocycles. The number of carbonyl (C=O) groups is 1. The van der Waals surface area contributed by atoms with E-state index in [2.05, 4.69) is 9.88 Å². The van der Waals surface area contributed by atoms with Crippen LogP contribution in [-0.4, -0.2) is 34.0 Å². The number of rotatable bonds is 6. The van der Waals surface area contributed by atoms with Crippen LogP contribution in [0.25, 0.3) is 0 Å². The van der Waals surface area contributed by atoms with Gasteiger partial charge in [-0.25, -0.2) is 4.98 Å². The van der Waals surface area contributed by atoms with Crippen molar-refractivity contribution < 1.29 is 9.90 Å². The van der Waals surface area contributed by atoms with E-state index in [1.807, 2.05) is 19.2 Å². The molecule has 0 bridgehead atoms. The number of aryl methyl sites for hydroxylation is 1. The van der Waals surface area contributed by atoms with E-state index < -0.39 is 5.97 Å². The predicted molar refractivity (Wildman–Crippen MR) is 60.1 cm³/mol. The molecule has 0 aromatic carbocycles. The average molecular weight is 228 g/mol. The molecule has 0 fully saturated rings.